The molecule has 0 bridgehead atoms. The zero-order valence-corrected chi connectivity index (χ0v) is 9.73. The first kappa shape index (κ1) is 9.26. The fourth-order valence-electron chi connectivity index (χ4n) is 1.75. The van der Waals surface area contributed by atoms with Crippen molar-refractivity contribution in [1.82, 2.24) is 14.7 Å². The Kier molecular flexibility index (Phi) is 2.46. The van der Waals surface area contributed by atoms with Crippen LogP contribution in [0.5, 0.6) is 0 Å². The summed E-state index contributed by atoms with van der Waals surface area (Å²) in [6.07, 6.45) is 2.98. The topological polar surface area (TPSA) is 47.1 Å². The highest BCUT2D eigenvalue weighted by Crippen LogP contribution is 2.24. The maximum atomic E-state index is 5.90. The zero-order valence-electron chi connectivity index (χ0n) is 7.57. The van der Waals surface area contributed by atoms with Gasteiger partial charge in [0.05, 0.1) is 15.8 Å². The molecule has 13 heavy (non-hydrogen) atoms. The summed E-state index contributed by atoms with van der Waals surface area (Å²) in [5, 5.41) is 4.29. The molecule has 0 spiro atoms. The molecule has 1 aliphatic heterocycles. The van der Waals surface area contributed by atoms with Gasteiger partial charge in [0.15, 0.2) is 0 Å². The fraction of sp³-hybridized carbons (Fsp3) is 0.625. The lowest BCUT2D eigenvalue weighted by Gasteiger charge is -2.12. The van der Waals surface area contributed by atoms with Crippen LogP contribution in [0.2, 0.25) is 0 Å². The summed E-state index contributed by atoms with van der Waals surface area (Å²) < 4.78 is 3.00. The molecule has 2 rings (SSSR count). The summed E-state index contributed by atoms with van der Waals surface area (Å²) in [6, 6.07) is 0.466. The van der Waals surface area contributed by atoms with E-state index in [9.17, 15) is 0 Å². The van der Waals surface area contributed by atoms with Gasteiger partial charge in [-0.25, -0.2) is 4.68 Å². The second-order valence-corrected chi connectivity index (χ2v) is 4.69. The molecule has 0 aromatic carbocycles. The van der Waals surface area contributed by atoms with Crippen molar-refractivity contribution in [2.75, 3.05) is 25.9 Å². The lowest BCUT2D eigenvalue weighted by molar-refractivity contribution is 0.384. The molecular weight excluding hydrogens is 279 g/mol. The number of aromatic nitrogens is 2. The van der Waals surface area contributed by atoms with Crippen LogP contribution in [-0.4, -0.2) is 34.8 Å². The number of nitrogen functional groups attached to an aromatic ring is 1. The van der Waals surface area contributed by atoms with Gasteiger partial charge in [0.2, 0.25) is 0 Å². The van der Waals surface area contributed by atoms with E-state index in [2.05, 4.69) is 39.6 Å². The highest BCUT2D eigenvalue weighted by atomic mass is 127. The van der Waals surface area contributed by atoms with Crippen molar-refractivity contribution in [3.05, 3.63) is 9.77 Å². The molecule has 4 nitrogen and oxygen atoms in total. The first-order valence-electron chi connectivity index (χ1n) is 4.35. The van der Waals surface area contributed by atoms with Gasteiger partial charge in [0, 0.05) is 13.1 Å². The average molecular weight is 292 g/mol. The Hall–Kier alpha value is -0.300. The highest BCUT2D eigenvalue weighted by molar-refractivity contribution is 14.1. The largest absolute Gasteiger partial charge is 0.383 e. The fourth-order valence-corrected chi connectivity index (χ4v) is 2.12. The number of rotatable bonds is 1. The number of halogens is 1. The molecule has 0 saturated carbocycles. The Balaban J connectivity index is 2.21. The van der Waals surface area contributed by atoms with Gasteiger partial charge in [-0.3, -0.25) is 0 Å². The number of hydrogen-bond acceptors (Lipinski definition) is 3. The van der Waals surface area contributed by atoms with Gasteiger partial charge < -0.3 is 10.6 Å². The van der Waals surface area contributed by atoms with Crippen LogP contribution in [0.25, 0.3) is 0 Å². The van der Waals surface area contributed by atoms with Crippen molar-refractivity contribution in [2.24, 2.45) is 0 Å². The van der Waals surface area contributed by atoms with E-state index >= 15 is 0 Å². The minimum absolute atomic E-state index is 0.466. The maximum absolute atomic E-state index is 5.90. The first-order chi connectivity index (χ1) is 6.18. The molecule has 0 aliphatic carbocycles. The second-order valence-electron chi connectivity index (χ2n) is 3.53. The number of nitrogens with zero attached hydrogens (tertiary/aromatic N) is 3. The van der Waals surface area contributed by atoms with Crippen LogP contribution in [-0.2, 0) is 0 Å². The van der Waals surface area contributed by atoms with Crippen LogP contribution >= 0.6 is 22.6 Å². The third-order valence-corrected chi connectivity index (χ3v) is 3.33. The van der Waals surface area contributed by atoms with Gasteiger partial charge in [0.1, 0.15) is 5.82 Å². The monoisotopic (exact) mass is 292 g/mol. The van der Waals surface area contributed by atoms with E-state index in [4.69, 9.17) is 5.73 Å². The Morgan fingerprint density at radius 3 is 2.92 bits per heavy atom. The second kappa shape index (κ2) is 3.45. The van der Waals surface area contributed by atoms with Crippen molar-refractivity contribution in [3.63, 3.8) is 0 Å². The van der Waals surface area contributed by atoms with Crippen LogP contribution in [0.15, 0.2) is 6.20 Å². The Morgan fingerprint density at radius 2 is 2.46 bits per heavy atom. The molecular formula is C8H13IN4. The van der Waals surface area contributed by atoms with Gasteiger partial charge in [-0.05, 0) is 36.1 Å². The quantitative estimate of drug-likeness (QED) is 0.784. The highest BCUT2D eigenvalue weighted by Gasteiger charge is 2.23. The Bertz CT molecular complexity index is 309. The number of anilines is 1. The van der Waals surface area contributed by atoms with Crippen LogP contribution in [0.4, 0.5) is 5.82 Å². The van der Waals surface area contributed by atoms with Crippen molar-refractivity contribution in [2.45, 2.75) is 12.5 Å². The van der Waals surface area contributed by atoms with E-state index in [-0.39, 0.29) is 0 Å². The molecule has 0 radical (unpaired) electrons. The van der Waals surface area contributed by atoms with Gasteiger partial charge in [-0.2, -0.15) is 5.10 Å². The molecule has 1 fully saturated rings. The number of hydrogen-bond donors (Lipinski definition) is 1. The molecule has 1 aliphatic rings. The van der Waals surface area contributed by atoms with E-state index in [1.54, 1.807) is 0 Å². The maximum Gasteiger partial charge on any atom is 0.135 e. The summed E-state index contributed by atoms with van der Waals surface area (Å²) in [7, 11) is 2.13. The van der Waals surface area contributed by atoms with Crippen LogP contribution < -0.4 is 5.73 Å². The normalized spacial score (nSPS) is 24.0. The van der Waals surface area contributed by atoms with Crippen molar-refractivity contribution < 1.29 is 0 Å². The Morgan fingerprint density at radius 1 is 1.69 bits per heavy atom. The van der Waals surface area contributed by atoms with Crippen molar-refractivity contribution in [1.29, 1.82) is 0 Å². The van der Waals surface area contributed by atoms with Gasteiger partial charge >= 0.3 is 0 Å². The minimum atomic E-state index is 0.466. The molecule has 1 aromatic rings. The van der Waals surface area contributed by atoms with E-state index in [1.165, 1.54) is 0 Å². The summed E-state index contributed by atoms with van der Waals surface area (Å²) >= 11 is 2.21. The van der Waals surface area contributed by atoms with Gasteiger partial charge in [-0.1, -0.05) is 0 Å². The molecule has 5 heteroatoms. The molecule has 0 amide bonds. The lowest BCUT2D eigenvalue weighted by atomic mass is 10.3. The van der Waals surface area contributed by atoms with Crippen LogP contribution in [0.1, 0.15) is 12.5 Å². The summed E-state index contributed by atoms with van der Waals surface area (Å²) in [4.78, 5) is 2.30. The SMILES string of the molecule is CN1CCC(n2ncc(I)c2N)C1. The van der Waals surface area contributed by atoms with Crippen LogP contribution in [0.3, 0.4) is 0 Å². The molecule has 1 saturated heterocycles. The van der Waals surface area contributed by atoms with Crippen LogP contribution in [0, 0.1) is 3.57 Å². The standard InChI is InChI=1S/C8H13IN4/c1-12-3-2-6(5-12)13-8(10)7(9)4-11-13/h4,6H,2-3,5,10H2,1H3. The summed E-state index contributed by atoms with van der Waals surface area (Å²) in [6.45, 7) is 2.20. The first-order valence-corrected chi connectivity index (χ1v) is 5.43. The molecule has 2 heterocycles. The molecule has 1 unspecified atom stereocenters. The summed E-state index contributed by atoms with van der Waals surface area (Å²) in [5.74, 6) is 0.806. The third-order valence-electron chi connectivity index (χ3n) is 2.50. The molecule has 2 N–H and O–H groups in total. The third kappa shape index (κ3) is 1.67. The predicted octanol–water partition coefficient (Wildman–Crippen LogP) is 0.947. The minimum Gasteiger partial charge on any atom is -0.383 e. The zero-order chi connectivity index (χ0) is 9.42. The Labute approximate surface area is 91.2 Å². The summed E-state index contributed by atoms with van der Waals surface area (Å²) in [5.41, 5.74) is 5.90. The number of likely N-dealkylation sites (N-methyl/N-ethyl adjacent to an activating group) is 1. The smallest absolute Gasteiger partial charge is 0.135 e. The average Bonchev–Trinajstić information content (AvgIpc) is 2.62. The van der Waals surface area contributed by atoms with Gasteiger partial charge in [0.25, 0.3) is 0 Å². The van der Waals surface area contributed by atoms with E-state index in [0.717, 1.165) is 28.9 Å². The molecule has 72 valence electrons. The molecule has 1 atom stereocenters. The number of nitrogens with two attached hydrogens (primary N) is 1. The van der Waals surface area contributed by atoms with Gasteiger partial charge in [-0.15, -0.1) is 0 Å². The van der Waals surface area contributed by atoms with Crippen molar-refractivity contribution >= 4 is 28.4 Å². The predicted molar refractivity (Wildman–Crippen MR) is 60.5 cm³/mol. The van der Waals surface area contributed by atoms with E-state index in [1.807, 2.05) is 10.9 Å². The molecule has 1 aromatic heterocycles. The lowest BCUT2D eigenvalue weighted by Crippen LogP contribution is -2.18. The van der Waals surface area contributed by atoms with E-state index < -0.39 is 0 Å². The van der Waals surface area contributed by atoms with E-state index in [0.29, 0.717) is 6.04 Å². The van der Waals surface area contributed by atoms with Crippen molar-refractivity contribution in [3.8, 4) is 0 Å². The number of likely N-dealkylation sites (tertiary alicyclic amines) is 1.